The van der Waals surface area contributed by atoms with E-state index in [1.54, 1.807) is 24.3 Å². The van der Waals surface area contributed by atoms with Crippen LogP contribution in [-0.4, -0.2) is 13.1 Å². The number of nitrogen functional groups attached to an aromatic ring is 1. The number of nitrogens with two attached hydrogens (primary N) is 1. The quantitative estimate of drug-likeness (QED) is 0.753. The van der Waals surface area contributed by atoms with Crippen molar-refractivity contribution in [1.82, 2.24) is 0 Å². The molecule has 6 heteroatoms. The zero-order valence-corrected chi connectivity index (χ0v) is 10.8. The number of anilines is 3. The van der Waals surface area contributed by atoms with Crippen LogP contribution in [-0.2, 0) is 0 Å². The third kappa shape index (κ3) is 3.38. The Morgan fingerprint density at radius 2 is 2.00 bits per heavy atom. The molecule has 2 aromatic carbocycles. The van der Waals surface area contributed by atoms with Gasteiger partial charge in [0.25, 0.3) is 0 Å². The Hall–Kier alpha value is -2.76. The fraction of sp³-hybridized carbons (Fsp3) is 0.0714. The highest BCUT2D eigenvalue weighted by Gasteiger charge is 2.08. The number of carbonyl (C=O) groups excluding carboxylic acids is 1. The number of hydrogen-bond donors (Lipinski definition) is 3. The summed E-state index contributed by atoms with van der Waals surface area (Å²) in [7, 11) is 1.40. The molecule has 0 aliphatic heterocycles. The molecule has 20 heavy (non-hydrogen) atoms. The Morgan fingerprint density at radius 3 is 2.70 bits per heavy atom. The van der Waals surface area contributed by atoms with Crippen molar-refractivity contribution in [2.24, 2.45) is 0 Å². The van der Waals surface area contributed by atoms with E-state index in [1.165, 1.54) is 25.3 Å². The van der Waals surface area contributed by atoms with Gasteiger partial charge in [-0.05, 0) is 30.3 Å². The lowest BCUT2D eigenvalue weighted by molar-refractivity contribution is 0.262. The number of benzene rings is 2. The molecule has 2 amide bonds. The van der Waals surface area contributed by atoms with E-state index in [-0.39, 0.29) is 5.75 Å². The second-order valence-corrected chi connectivity index (χ2v) is 4.05. The second kappa shape index (κ2) is 5.92. The van der Waals surface area contributed by atoms with Crippen LogP contribution in [0.2, 0.25) is 0 Å². The third-order valence-corrected chi connectivity index (χ3v) is 2.56. The molecular formula is C14H14FN3O2. The lowest BCUT2D eigenvalue weighted by atomic mass is 10.2. The largest absolute Gasteiger partial charge is 0.494 e. The van der Waals surface area contributed by atoms with Crippen molar-refractivity contribution < 1.29 is 13.9 Å². The third-order valence-electron chi connectivity index (χ3n) is 2.56. The number of halogens is 1. The molecule has 2 rings (SSSR count). The molecular weight excluding hydrogens is 261 g/mol. The van der Waals surface area contributed by atoms with Crippen molar-refractivity contribution in [3.8, 4) is 5.75 Å². The molecule has 0 aliphatic rings. The van der Waals surface area contributed by atoms with E-state index in [0.29, 0.717) is 17.1 Å². The van der Waals surface area contributed by atoms with E-state index in [1.807, 2.05) is 0 Å². The van der Waals surface area contributed by atoms with Gasteiger partial charge in [0.1, 0.15) is 11.6 Å². The Balaban J connectivity index is 2.08. The minimum atomic E-state index is -0.472. The number of carbonyl (C=O) groups is 1. The topological polar surface area (TPSA) is 76.4 Å². The molecule has 2 aromatic rings. The number of ether oxygens (including phenoxy) is 1. The fourth-order valence-electron chi connectivity index (χ4n) is 1.67. The van der Waals surface area contributed by atoms with Gasteiger partial charge in [0.05, 0.1) is 12.8 Å². The van der Waals surface area contributed by atoms with Crippen LogP contribution in [0.1, 0.15) is 0 Å². The van der Waals surface area contributed by atoms with Crippen molar-refractivity contribution in [3.63, 3.8) is 0 Å². The van der Waals surface area contributed by atoms with Gasteiger partial charge in [-0.2, -0.15) is 0 Å². The van der Waals surface area contributed by atoms with E-state index in [4.69, 9.17) is 10.5 Å². The van der Waals surface area contributed by atoms with Crippen molar-refractivity contribution in [3.05, 3.63) is 48.3 Å². The maximum atomic E-state index is 13.0. The molecule has 5 nitrogen and oxygen atoms in total. The molecule has 4 N–H and O–H groups in total. The Morgan fingerprint density at radius 1 is 1.20 bits per heavy atom. The fourth-order valence-corrected chi connectivity index (χ4v) is 1.67. The Bertz CT molecular complexity index is 632. The first kappa shape index (κ1) is 13.7. The summed E-state index contributed by atoms with van der Waals surface area (Å²) < 4.78 is 18.0. The first-order chi connectivity index (χ1) is 9.58. The number of nitrogens with one attached hydrogen (secondary N) is 2. The van der Waals surface area contributed by atoms with Crippen LogP contribution in [0.3, 0.4) is 0 Å². The molecule has 0 saturated carbocycles. The van der Waals surface area contributed by atoms with Crippen molar-refractivity contribution in [2.45, 2.75) is 0 Å². The summed E-state index contributed by atoms with van der Waals surface area (Å²) in [5, 5.41) is 5.19. The summed E-state index contributed by atoms with van der Waals surface area (Å²) in [4.78, 5) is 11.8. The second-order valence-electron chi connectivity index (χ2n) is 4.05. The molecule has 0 heterocycles. The minimum absolute atomic E-state index is 0.243. The SMILES string of the molecule is COc1cc(F)ccc1NC(=O)Nc1cccc(N)c1. The molecule has 104 valence electrons. The van der Waals surface area contributed by atoms with Crippen LogP contribution < -0.4 is 21.1 Å². The molecule has 0 fully saturated rings. The lowest BCUT2D eigenvalue weighted by Crippen LogP contribution is -2.19. The van der Waals surface area contributed by atoms with E-state index in [2.05, 4.69) is 10.6 Å². The van der Waals surface area contributed by atoms with Gasteiger partial charge in [0, 0.05) is 17.4 Å². The van der Waals surface area contributed by atoms with Crippen molar-refractivity contribution >= 4 is 23.1 Å². The van der Waals surface area contributed by atoms with Gasteiger partial charge in [-0.1, -0.05) is 6.07 Å². The number of amides is 2. The highest BCUT2D eigenvalue weighted by molar-refractivity contribution is 6.00. The Kier molecular flexibility index (Phi) is 4.05. The molecule has 0 bridgehead atoms. The molecule has 0 aromatic heterocycles. The van der Waals surface area contributed by atoms with Crippen LogP contribution in [0.5, 0.6) is 5.75 Å². The summed E-state index contributed by atoms with van der Waals surface area (Å²) in [5.41, 5.74) is 7.09. The molecule has 0 spiro atoms. The number of methoxy groups -OCH3 is 1. The van der Waals surface area contributed by atoms with Crippen molar-refractivity contribution in [2.75, 3.05) is 23.5 Å². The predicted molar refractivity (Wildman–Crippen MR) is 76.4 cm³/mol. The van der Waals surface area contributed by atoms with Gasteiger partial charge in [-0.25, -0.2) is 9.18 Å². The maximum Gasteiger partial charge on any atom is 0.323 e. The van der Waals surface area contributed by atoms with E-state index >= 15 is 0 Å². The number of hydrogen-bond acceptors (Lipinski definition) is 3. The zero-order chi connectivity index (χ0) is 14.5. The minimum Gasteiger partial charge on any atom is -0.494 e. The maximum absolute atomic E-state index is 13.0. The number of urea groups is 1. The highest BCUT2D eigenvalue weighted by Crippen LogP contribution is 2.25. The monoisotopic (exact) mass is 275 g/mol. The zero-order valence-electron chi connectivity index (χ0n) is 10.8. The predicted octanol–water partition coefficient (Wildman–Crippen LogP) is 3.06. The van der Waals surface area contributed by atoms with Crippen LogP contribution in [0.4, 0.5) is 26.2 Å². The summed E-state index contributed by atoms with van der Waals surface area (Å²) in [6, 6.07) is 10.1. The van der Waals surface area contributed by atoms with Gasteiger partial charge in [0.15, 0.2) is 0 Å². The van der Waals surface area contributed by atoms with Gasteiger partial charge in [0.2, 0.25) is 0 Å². The lowest BCUT2D eigenvalue weighted by Gasteiger charge is -2.11. The number of rotatable bonds is 3. The van der Waals surface area contributed by atoms with Crippen LogP contribution >= 0.6 is 0 Å². The molecule has 0 unspecified atom stereocenters. The van der Waals surface area contributed by atoms with E-state index < -0.39 is 11.8 Å². The van der Waals surface area contributed by atoms with Gasteiger partial charge >= 0.3 is 6.03 Å². The summed E-state index contributed by atoms with van der Waals surface area (Å²) in [6.07, 6.45) is 0. The average Bonchev–Trinajstić information content (AvgIpc) is 2.40. The Labute approximate surface area is 115 Å². The van der Waals surface area contributed by atoms with Crippen LogP contribution in [0.25, 0.3) is 0 Å². The summed E-state index contributed by atoms with van der Waals surface area (Å²) in [5.74, 6) is -0.198. The van der Waals surface area contributed by atoms with Crippen LogP contribution in [0, 0.1) is 5.82 Å². The summed E-state index contributed by atoms with van der Waals surface area (Å²) >= 11 is 0. The van der Waals surface area contributed by atoms with Crippen LogP contribution in [0.15, 0.2) is 42.5 Å². The van der Waals surface area contributed by atoms with Crippen molar-refractivity contribution in [1.29, 1.82) is 0 Å². The first-order valence-electron chi connectivity index (χ1n) is 5.85. The van der Waals surface area contributed by atoms with Gasteiger partial charge in [-0.3, -0.25) is 0 Å². The van der Waals surface area contributed by atoms with Gasteiger partial charge < -0.3 is 21.1 Å². The smallest absolute Gasteiger partial charge is 0.323 e. The average molecular weight is 275 g/mol. The van der Waals surface area contributed by atoms with E-state index in [0.717, 1.165) is 0 Å². The standard InChI is InChI=1S/C14H14FN3O2/c1-20-13-7-9(15)5-6-12(13)18-14(19)17-11-4-2-3-10(16)8-11/h2-8H,16H2,1H3,(H2,17,18,19). The highest BCUT2D eigenvalue weighted by atomic mass is 19.1. The molecule has 0 aliphatic carbocycles. The summed E-state index contributed by atoms with van der Waals surface area (Å²) in [6.45, 7) is 0. The first-order valence-corrected chi connectivity index (χ1v) is 5.85. The van der Waals surface area contributed by atoms with Gasteiger partial charge in [-0.15, -0.1) is 0 Å². The molecule has 0 saturated heterocycles. The molecule has 0 atom stereocenters. The normalized spacial score (nSPS) is 9.90. The van der Waals surface area contributed by atoms with E-state index in [9.17, 15) is 9.18 Å². The molecule has 0 radical (unpaired) electrons.